The summed E-state index contributed by atoms with van der Waals surface area (Å²) in [5, 5.41) is -4.39. The number of para-hydroxylation sites is 3. The van der Waals surface area contributed by atoms with Gasteiger partial charge in [0.15, 0.2) is 0 Å². The predicted octanol–water partition coefficient (Wildman–Crippen LogP) is 16.3. The second kappa shape index (κ2) is 14.3. The SMILES string of the molecule is [2H]c1c([2H])c([2H])c(-c2c([2H])c([2H])c(N(c3c([2H])c([2H])c(-c4c([2H])c([2H])c5c([2H])c([2H])c([2H])c([2H])c5c4[2H])c([2H])c3[2H])c3c([2H])c([2H])c(-c4c([2H])c([2H])c([2H])c(-n5c6c([2H])c([2H])c([2H])c([2H])c6c6c([2H])c([2H])c([2H])c([2H])c65)c4[2H])c4oc5c([2H])c([2H])c([2H])c([2H])c5c34)c([2H])c2[2H])c([2H])c1[2H]. The van der Waals surface area contributed by atoms with Crippen LogP contribution in [-0.2, 0) is 0 Å². The highest BCUT2D eigenvalue weighted by atomic mass is 16.3. The highest BCUT2D eigenvalue weighted by molar-refractivity contribution is 6.17. The molecule has 0 fully saturated rings. The lowest BCUT2D eigenvalue weighted by Crippen LogP contribution is -2.10. The minimum atomic E-state index is -1.42. The molecule has 2 heterocycles. The third-order valence-electron chi connectivity index (χ3n) is 9.37. The fourth-order valence-corrected chi connectivity index (χ4v) is 6.72. The van der Waals surface area contributed by atoms with Crippen molar-refractivity contribution in [1.82, 2.24) is 4.57 Å². The van der Waals surface area contributed by atoms with Crippen molar-refractivity contribution in [3.8, 4) is 39.1 Å². The minimum Gasteiger partial charge on any atom is -0.455 e. The molecule has 0 saturated carbocycles. The van der Waals surface area contributed by atoms with Gasteiger partial charge < -0.3 is 13.9 Å². The number of rotatable bonds is 7. The van der Waals surface area contributed by atoms with Gasteiger partial charge in [-0.3, -0.25) is 0 Å². The summed E-state index contributed by atoms with van der Waals surface area (Å²) in [6.45, 7) is 0. The molecule has 10 aromatic carbocycles. The third kappa shape index (κ3) is 5.90. The Hall–Kier alpha value is -8.14. The Labute approximate surface area is 407 Å². The first-order valence-corrected chi connectivity index (χ1v) is 17.7. The first kappa shape index (κ1) is 13.7. The monoisotopic (exact) mass is 817 g/mol. The number of benzene rings is 10. The van der Waals surface area contributed by atoms with Gasteiger partial charge in [0.25, 0.3) is 0 Å². The maximum Gasteiger partial charge on any atom is 0.145 e. The highest BCUT2D eigenvalue weighted by Crippen LogP contribution is 2.47. The van der Waals surface area contributed by atoms with E-state index >= 15 is 0 Å². The van der Waals surface area contributed by atoms with Crippen LogP contribution in [-0.4, -0.2) is 4.57 Å². The molecule has 0 spiro atoms. The molecule has 286 valence electrons. The van der Waals surface area contributed by atoms with Crippen LogP contribution in [0.25, 0.3) is 93.6 Å². The zero-order valence-electron chi connectivity index (χ0n) is 68.3. The lowest BCUT2D eigenvalue weighted by Gasteiger charge is -2.27. The summed E-state index contributed by atoms with van der Waals surface area (Å²) < 4.78 is 354. The van der Waals surface area contributed by atoms with Crippen molar-refractivity contribution in [3.63, 3.8) is 0 Å². The Morgan fingerprint density at radius 2 is 0.951 bits per heavy atom. The van der Waals surface area contributed by atoms with Crippen molar-refractivity contribution < 1.29 is 56.5 Å². The molecule has 12 aromatic rings. The number of nitrogens with zero attached hydrogens (tertiary/aromatic N) is 2. The Balaban J connectivity index is 1.30. The summed E-state index contributed by atoms with van der Waals surface area (Å²) in [5.74, 6) is 0. The summed E-state index contributed by atoms with van der Waals surface area (Å²) in [4.78, 5) is 0.283. The van der Waals surface area contributed by atoms with E-state index in [1.165, 1.54) is 0 Å². The maximum atomic E-state index is 10.3. The van der Waals surface area contributed by atoms with Gasteiger partial charge in [0, 0.05) is 38.8 Å². The maximum absolute atomic E-state index is 10.3. The lowest BCUT2D eigenvalue weighted by molar-refractivity contribution is 0.670. The number of anilines is 3. The van der Waals surface area contributed by atoms with Gasteiger partial charge >= 0.3 is 0 Å². The van der Waals surface area contributed by atoms with E-state index in [9.17, 15) is 23.3 Å². The number of furan rings is 1. The summed E-state index contributed by atoms with van der Waals surface area (Å²) in [7, 11) is 0. The van der Waals surface area contributed by atoms with E-state index in [4.69, 9.17) is 33.2 Å². The van der Waals surface area contributed by atoms with E-state index in [-0.39, 0.29) is 4.90 Å². The van der Waals surface area contributed by atoms with Crippen molar-refractivity contribution in [2.45, 2.75) is 0 Å². The van der Waals surface area contributed by atoms with Crippen LogP contribution in [0.4, 0.5) is 17.1 Å². The molecule has 0 N–H and O–H groups in total. The number of hydrogen-bond acceptors (Lipinski definition) is 2. The second-order valence-electron chi connectivity index (χ2n) is 12.8. The van der Waals surface area contributed by atoms with Crippen molar-refractivity contribution in [3.05, 3.63) is 230 Å². The predicted molar refractivity (Wildman–Crippen MR) is 257 cm³/mol. The van der Waals surface area contributed by atoms with E-state index in [1.807, 2.05) is 0 Å². The zero-order valence-corrected chi connectivity index (χ0v) is 30.3. The van der Waals surface area contributed by atoms with Gasteiger partial charge in [-0.25, -0.2) is 0 Å². The first-order chi connectivity index (χ1) is 46.1. The van der Waals surface area contributed by atoms with E-state index in [0.29, 0.717) is 4.57 Å². The van der Waals surface area contributed by atoms with Crippen LogP contribution in [0.3, 0.4) is 0 Å². The van der Waals surface area contributed by atoms with Crippen LogP contribution in [0.5, 0.6) is 0 Å². The van der Waals surface area contributed by atoms with Crippen LogP contribution in [0.2, 0.25) is 0 Å². The van der Waals surface area contributed by atoms with E-state index in [0.717, 1.165) is 0 Å². The van der Waals surface area contributed by atoms with Gasteiger partial charge in [-0.1, -0.05) is 157 Å². The molecule has 2 aromatic heterocycles. The van der Waals surface area contributed by atoms with Gasteiger partial charge in [-0.2, -0.15) is 0 Å². The van der Waals surface area contributed by atoms with Crippen molar-refractivity contribution in [2.75, 3.05) is 4.90 Å². The molecule has 3 nitrogen and oxygen atoms in total. The highest BCUT2D eigenvalue weighted by Gasteiger charge is 2.23. The Morgan fingerprint density at radius 3 is 1.67 bits per heavy atom. The van der Waals surface area contributed by atoms with E-state index in [2.05, 4.69) is 0 Å². The Bertz CT molecular complexity index is 5690. The average Bonchev–Trinajstić information content (AvgIpc) is 1.63. The van der Waals surface area contributed by atoms with Crippen LogP contribution in [0.1, 0.15) is 52.1 Å². The second-order valence-corrected chi connectivity index (χ2v) is 12.8. The fourth-order valence-electron chi connectivity index (χ4n) is 6.72. The summed E-state index contributed by atoms with van der Waals surface area (Å²) in [5.41, 5.74) is -14.2. The van der Waals surface area contributed by atoms with Crippen molar-refractivity contribution in [2.24, 2.45) is 0 Å². The molecule has 0 radical (unpaired) electrons. The topological polar surface area (TPSA) is 21.3 Å². The lowest BCUT2D eigenvalue weighted by atomic mass is 9.98. The Morgan fingerprint density at radius 1 is 0.393 bits per heavy atom. The van der Waals surface area contributed by atoms with Gasteiger partial charge in [-0.15, -0.1) is 0 Å². The standard InChI is InChI=1S/C58H38N2O/c1-2-13-39(14-3-1)41-27-31-46(32-28-41)59(47-33-29-42(30-34-47)44-26-25-40-15-4-5-16-43(40)37-44)55-36-35-49(58-57(55)52-21-8-11-24-56(52)61-58)45-17-12-18-48(38-45)60-53-22-9-6-19-50(53)51-20-7-10-23-54(51)60/h1-38H/i1D,2D,3D,4D,5D,6D,7D,8D,9D,10D,11D,12D,13D,14D,15D,16D,17D,18D,19D,20D,21D,22D,23D,24D,25D,26D,27D,28D,29D,30D,31D,32D,33D,34D,35D,36D,37D,38D. The molecule has 61 heavy (non-hydrogen) atoms. The van der Waals surface area contributed by atoms with Gasteiger partial charge in [0.05, 0.1) is 74.2 Å². The van der Waals surface area contributed by atoms with E-state index in [1.54, 1.807) is 0 Å². The number of fused-ring (bicyclic) bond motifs is 7. The van der Waals surface area contributed by atoms with Crippen LogP contribution < -0.4 is 4.90 Å². The molecule has 0 atom stereocenters. The molecular weight excluding hydrogens is 741 g/mol. The number of hydrogen-bond donors (Lipinski definition) is 0. The minimum absolute atomic E-state index is 0.283. The molecular formula is C58H38N2O. The molecule has 3 heteroatoms. The third-order valence-corrected chi connectivity index (χ3v) is 9.37. The molecule has 0 saturated heterocycles. The summed E-state index contributed by atoms with van der Waals surface area (Å²) in [6.07, 6.45) is 0. The average molecular weight is 817 g/mol. The fraction of sp³-hybridized carbons (Fsp3) is 0. The number of aromatic nitrogens is 1. The van der Waals surface area contributed by atoms with Gasteiger partial charge in [0.2, 0.25) is 0 Å². The molecule has 0 aliphatic rings. The molecule has 0 amide bonds. The molecule has 0 unspecified atom stereocenters. The van der Waals surface area contributed by atoms with Crippen molar-refractivity contribution >= 4 is 71.6 Å². The normalized spacial score (nSPS) is 20.3. The van der Waals surface area contributed by atoms with Crippen LogP contribution >= 0.6 is 0 Å². The molecule has 12 rings (SSSR count). The van der Waals surface area contributed by atoms with Gasteiger partial charge in [-0.05, 0) is 111 Å². The van der Waals surface area contributed by atoms with E-state index < -0.39 is 340 Å². The summed E-state index contributed by atoms with van der Waals surface area (Å²) >= 11 is 0. The van der Waals surface area contributed by atoms with Crippen molar-refractivity contribution in [1.29, 1.82) is 0 Å². The molecule has 0 aliphatic carbocycles. The largest absolute Gasteiger partial charge is 0.455 e. The molecule has 0 aliphatic heterocycles. The molecule has 0 bridgehead atoms. The first-order valence-electron chi connectivity index (χ1n) is 36.7. The smallest absolute Gasteiger partial charge is 0.145 e. The van der Waals surface area contributed by atoms with Crippen LogP contribution in [0.15, 0.2) is 234 Å². The van der Waals surface area contributed by atoms with Gasteiger partial charge in [0.1, 0.15) is 11.2 Å². The summed E-state index contributed by atoms with van der Waals surface area (Å²) in [6, 6.07) is -41.9. The Kier molecular flexibility index (Phi) is 3.21. The quantitative estimate of drug-likeness (QED) is 0.160. The van der Waals surface area contributed by atoms with Crippen LogP contribution in [0, 0.1) is 0 Å². The zero-order chi connectivity index (χ0) is 73.3.